The van der Waals surface area contributed by atoms with E-state index in [-0.39, 0.29) is 6.32 Å². The zero-order valence-electron chi connectivity index (χ0n) is 25.6. The van der Waals surface area contributed by atoms with Crippen molar-refractivity contribution in [2.45, 2.75) is 117 Å². The van der Waals surface area contributed by atoms with Gasteiger partial charge >= 0.3 is 0 Å². The van der Waals surface area contributed by atoms with Gasteiger partial charge in [0.15, 0.2) is 61.2 Å². The Morgan fingerprint density at radius 3 is 1.21 bits per heavy atom. The highest BCUT2D eigenvalue weighted by Crippen LogP contribution is 2.17. The number of hydrogen-bond donors (Lipinski definition) is 0. The summed E-state index contributed by atoms with van der Waals surface area (Å²) in [6.45, 7) is 8.66. The summed E-state index contributed by atoms with van der Waals surface area (Å²) in [5.41, 5.74) is 1.77. The molecule has 2 aromatic heterocycles. The van der Waals surface area contributed by atoms with Gasteiger partial charge in [-0.25, -0.2) is 31.1 Å². The second kappa shape index (κ2) is 20.2. The second-order valence-corrected chi connectivity index (χ2v) is 10.8. The minimum atomic E-state index is -2.12. The lowest BCUT2D eigenvalue weighted by atomic mass is 9.65. The number of pyridine rings is 2. The third kappa shape index (κ3) is 11.8. The Labute approximate surface area is 250 Å². The molecule has 0 unspecified atom stereocenters. The Bertz CT molecular complexity index is 1090. The minimum absolute atomic E-state index is 0.273. The number of unbranched alkanes of at least 4 members (excludes halogenated alkanes) is 9. The highest BCUT2D eigenvalue weighted by Gasteiger charge is 2.25. The van der Waals surface area contributed by atoms with Crippen molar-refractivity contribution in [1.82, 2.24) is 0 Å². The quantitative estimate of drug-likeness (QED) is 0.0371. The Morgan fingerprint density at radius 1 is 0.476 bits per heavy atom. The average molecular weight is 590 g/mol. The van der Waals surface area contributed by atoms with Crippen molar-refractivity contribution in [3.8, 4) is 11.1 Å². The first-order valence-electron chi connectivity index (χ1n) is 15.7. The summed E-state index contributed by atoms with van der Waals surface area (Å²) in [6.07, 6.45) is 24.0. The predicted molar refractivity (Wildman–Crippen MR) is 161 cm³/mol. The Kier molecular flexibility index (Phi) is 17.0. The van der Waals surface area contributed by atoms with Crippen LogP contribution in [0.4, 0.5) is 22.0 Å². The van der Waals surface area contributed by atoms with Gasteiger partial charge in [-0.2, -0.15) is 0 Å². The fourth-order valence-corrected chi connectivity index (χ4v) is 4.65. The molecule has 0 amide bonds. The van der Waals surface area contributed by atoms with Gasteiger partial charge in [0.25, 0.3) is 0 Å². The van der Waals surface area contributed by atoms with Gasteiger partial charge in [-0.3, -0.25) is 0 Å². The molecule has 0 N–H and O–H groups in total. The van der Waals surface area contributed by atoms with Crippen LogP contribution in [0.1, 0.15) is 97.8 Å². The number of hydrogen-bond acceptors (Lipinski definition) is 0. The highest BCUT2D eigenvalue weighted by atomic mass is 19.2. The van der Waals surface area contributed by atoms with Crippen LogP contribution in [-0.4, -0.2) is 7.28 Å². The van der Waals surface area contributed by atoms with E-state index in [0.717, 1.165) is 26.8 Å². The lowest BCUT2D eigenvalue weighted by Crippen LogP contribution is -2.33. The van der Waals surface area contributed by atoms with Gasteiger partial charge in [0.05, 0.1) is 0 Å². The normalized spacial score (nSPS) is 10.9. The van der Waals surface area contributed by atoms with Crippen molar-refractivity contribution in [1.29, 1.82) is 0 Å². The van der Waals surface area contributed by atoms with Crippen LogP contribution in [0.2, 0.25) is 6.32 Å². The van der Waals surface area contributed by atoms with Gasteiger partial charge in [-0.05, 0) is 29.4 Å². The standard InChI is InChI=1S/C24H38N2.C10H9BF5/c1-3-5-7-9-11-17-25-19-13-23(14-20-25)24-15-21-26(22-16-24)18-12-10-8-6-4-2;1-2-3-4-11-5-6(12)8(14)10(16)9(15)7(5)13/h13-16,19-22H,3-12,17-18H2,1-2H3;2-4H2,1H3/q+2;. The van der Waals surface area contributed by atoms with Gasteiger partial charge in [0.2, 0.25) is 0 Å². The summed E-state index contributed by atoms with van der Waals surface area (Å²) < 4.78 is 68.9. The zero-order valence-corrected chi connectivity index (χ0v) is 25.6. The fourth-order valence-electron chi connectivity index (χ4n) is 4.65. The highest BCUT2D eigenvalue weighted by molar-refractivity contribution is 6.53. The number of aromatic nitrogens is 2. The van der Waals surface area contributed by atoms with Gasteiger partial charge in [0.1, 0.15) is 13.1 Å². The molecule has 2 heterocycles. The van der Waals surface area contributed by atoms with E-state index in [9.17, 15) is 22.0 Å². The molecule has 0 aliphatic carbocycles. The topological polar surface area (TPSA) is 7.76 Å². The maximum Gasteiger partial charge on any atom is 0.200 e. The Balaban J connectivity index is 0.000000330. The first kappa shape index (κ1) is 35.4. The van der Waals surface area contributed by atoms with E-state index < -0.39 is 34.5 Å². The van der Waals surface area contributed by atoms with E-state index in [1.807, 2.05) is 6.92 Å². The van der Waals surface area contributed by atoms with Crippen molar-refractivity contribution >= 4 is 12.7 Å². The van der Waals surface area contributed by atoms with E-state index in [1.165, 1.54) is 75.3 Å². The molecule has 8 heteroatoms. The average Bonchev–Trinajstić information content (AvgIpc) is 3.01. The fraction of sp³-hybridized carbons (Fsp3) is 0.529. The van der Waals surface area contributed by atoms with Gasteiger partial charge in [0, 0.05) is 37.1 Å². The molecule has 229 valence electrons. The molecule has 3 rings (SSSR count). The molecule has 0 saturated heterocycles. The SMILES string of the molecule is CCCCCCC[n+]1ccc(-c2cc[n+](CCCCCCC)cc2)cc1.CCCC[B]c1c(F)c(F)c(F)c(F)c1F. The molecule has 0 aliphatic heterocycles. The molecule has 1 radical (unpaired) electrons. The van der Waals surface area contributed by atoms with Crippen LogP contribution in [0.15, 0.2) is 49.1 Å². The molecule has 0 aliphatic rings. The summed E-state index contributed by atoms with van der Waals surface area (Å²) in [5.74, 6) is -9.47. The van der Waals surface area contributed by atoms with Crippen molar-refractivity contribution < 1.29 is 31.1 Å². The number of nitrogens with zero attached hydrogens (tertiary/aromatic N) is 2. The van der Waals surface area contributed by atoms with Crippen molar-refractivity contribution in [2.24, 2.45) is 0 Å². The van der Waals surface area contributed by atoms with Crippen LogP contribution in [0.25, 0.3) is 11.1 Å². The van der Waals surface area contributed by atoms with E-state index in [4.69, 9.17) is 0 Å². The molecule has 0 saturated carbocycles. The zero-order chi connectivity index (χ0) is 30.7. The van der Waals surface area contributed by atoms with E-state index >= 15 is 0 Å². The van der Waals surface area contributed by atoms with Crippen LogP contribution in [0, 0.1) is 29.1 Å². The molecule has 3 aromatic rings. The largest absolute Gasteiger partial charge is 0.205 e. The third-order valence-corrected chi connectivity index (χ3v) is 7.31. The molecule has 0 atom stereocenters. The monoisotopic (exact) mass is 589 g/mol. The van der Waals surface area contributed by atoms with Gasteiger partial charge in [-0.1, -0.05) is 78.5 Å². The van der Waals surface area contributed by atoms with E-state index in [0.29, 0.717) is 6.42 Å². The number of aryl methyl sites for hydroxylation is 2. The first-order chi connectivity index (χ1) is 20.3. The van der Waals surface area contributed by atoms with Crippen LogP contribution >= 0.6 is 0 Å². The minimum Gasteiger partial charge on any atom is -0.205 e. The van der Waals surface area contributed by atoms with Crippen LogP contribution in [-0.2, 0) is 13.1 Å². The molecule has 1 aromatic carbocycles. The Hall–Kier alpha value is -2.77. The van der Waals surface area contributed by atoms with Crippen molar-refractivity contribution in [3.05, 3.63) is 78.1 Å². The Morgan fingerprint density at radius 2 is 0.833 bits per heavy atom. The van der Waals surface area contributed by atoms with Gasteiger partial charge < -0.3 is 0 Å². The van der Waals surface area contributed by atoms with E-state index in [2.05, 4.69) is 72.0 Å². The van der Waals surface area contributed by atoms with Crippen LogP contribution < -0.4 is 14.6 Å². The molecule has 0 bridgehead atoms. The van der Waals surface area contributed by atoms with Gasteiger partial charge in [-0.15, -0.1) is 0 Å². The summed E-state index contributed by atoms with van der Waals surface area (Å²) in [4.78, 5) is 0. The van der Waals surface area contributed by atoms with Crippen molar-refractivity contribution in [3.63, 3.8) is 0 Å². The number of benzene rings is 1. The maximum absolute atomic E-state index is 13.1. The van der Waals surface area contributed by atoms with Crippen LogP contribution in [0.5, 0.6) is 0 Å². The molecular weight excluding hydrogens is 542 g/mol. The summed E-state index contributed by atoms with van der Waals surface area (Å²) in [5, 5.41) is 0. The van der Waals surface area contributed by atoms with E-state index in [1.54, 1.807) is 0 Å². The lowest BCUT2D eigenvalue weighted by Gasteiger charge is -2.06. The first-order valence-corrected chi connectivity index (χ1v) is 15.7. The predicted octanol–water partition coefficient (Wildman–Crippen LogP) is 8.80. The molecule has 2 nitrogen and oxygen atoms in total. The summed E-state index contributed by atoms with van der Waals surface area (Å²) in [7, 11) is 1.03. The molecule has 0 fully saturated rings. The lowest BCUT2D eigenvalue weighted by molar-refractivity contribution is -0.697. The summed E-state index contributed by atoms with van der Waals surface area (Å²) >= 11 is 0. The third-order valence-electron chi connectivity index (χ3n) is 7.31. The second-order valence-electron chi connectivity index (χ2n) is 10.8. The summed E-state index contributed by atoms with van der Waals surface area (Å²) in [6, 6.07) is 8.99. The molecule has 42 heavy (non-hydrogen) atoms. The molecule has 0 spiro atoms. The molecular formula is C34H47BF5N2+2. The maximum atomic E-state index is 13.1. The van der Waals surface area contributed by atoms with Crippen molar-refractivity contribution in [2.75, 3.05) is 0 Å². The smallest absolute Gasteiger partial charge is 0.200 e. The number of halogens is 5. The number of rotatable bonds is 17. The van der Waals surface area contributed by atoms with Crippen LogP contribution in [0.3, 0.4) is 0 Å².